The van der Waals surface area contributed by atoms with Crippen molar-refractivity contribution in [3.63, 3.8) is 0 Å². The molecule has 9 heavy (non-hydrogen) atoms. The van der Waals surface area contributed by atoms with E-state index in [1.165, 1.54) is 0 Å². The maximum atomic E-state index is 5.17. The molecule has 0 aromatic rings. The molecular weight excluding hydrogens is 136 g/mol. The number of hydrogen-bond acceptors (Lipinski definition) is 3. The molecule has 5 heteroatoms. The average Bonchev–Trinajstić information content (AvgIpc) is 1.69. The second-order valence-corrected chi connectivity index (χ2v) is 1.33. The van der Waals surface area contributed by atoms with Crippen molar-refractivity contribution >= 4 is 0 Å². The van der Waals surface area contributed by atoms with Crippen molar-refractivity contribution in [1.82, 2.24) is 5.32 Å². The molecule has 0 aromatic heterocycles. The zero-order valence-corrected chi connectivity index (χ0v) is 10.5. The fourth-order valence-electron chi connectivity index (χ4n) is 0.329. The van der Waals surface area contributed by atoms with Gasteiger partial charge in [-0.05, 0) is 0 Å². The van der Waals surface area contributed by atoms with Gasteiger partial charge in [0.2, 0.25) is 0 Å². The minimum absolute atomic E-state index is 0. The first-order valence-electron chi connectivity index (χ1n) is 2.52. The number of hydrogen-bond donors (Lipinski definition) is 3. The van der Waals surface area contributed by atoms with Gasteiger partial charge in [0.1, 0.15) is 0 Å². The first-order valence-corrected chi connectivity index (χ1v) is 2.52. The molecule has 0 aromatic carbocycles. The van der Waals surface area contributed by atoms with Crippen molar-refractivity contribution < 1.29 is 62.0 Å². The van der Waals surface area contributed by atoms with Crippen molar-refractivity contribution in [2.45, 2.75) is 0 Å². The van der Waals surface area contributed by atoms with Crippen LogP contribution in [0.1, 0.15) is 2.85 Å². The smallest absolute Gasteiger partial charge is 1.00 e. The van der Waals surface area contributed by atoms with Crippen LogP contribution in [0.4, 0.5) is 0 Å². The summed E-state index contributed by atoms with van der Waals surface area (Å²) in [6.07, 6.45) is 0. The molecule has 5 N–H and O–H groups in total. The van der Waals surface area contributed by atoms with Crippen LogP contribution in [0.15, 0.2) is 0 Å². The third-order valence-corrected chi connectivity index (χ3v) is 0.642. The van der Waals surface area contributed by atoms with Crippen LogP contribution >= 0.6 is 0 Å². The normalized spacial score (nSPS) is 7.33. The third-order valence-electron chi connectivity index (χ3n) is 0.642. The van der Waals surface area contributed by atoms with Gasteiger partial charge in [0.15, 0.2) is 0 Å². The van der Waals surface area contributed by atoms with Gasteiger partial charge in [0.25, 0.3) is 0 Å². The van der Waals surface area contributed by atoms with Crippen LogP contribution in [0, 0.1) is 0 Å². The topological polar surface area (TPSA) is 64.1 Å². The Labute approximate surface area is 104 Å². The quantitative estimate of drug-likeness (QED) is 0.276. The standard InChI is InChI=1S/C4H13N3.2Na.2H/c5-1-3-7-4-2-6;;;;/h7H,1-6H2;;;;/q;2*+1;2*-1. The van der Waals surface area contributed by atoms with Crippen molar-refractivity contribution in [3.8, 4) is 0 Å². The number of rotatable bonds is 4. The Hall–Kier alpha value is 1.88. The van der Waals surface area contributed by atoms with E-state index in [-0.39, 0.29) is 62.0 Å². The van der Waals surface area contributed by atoms with Gasteiger partial charge in [-0.2, -0.15) is 0 Å². The van der Waals surface area contributed by atoms with Gasteiger partial charge in [0.05, 0.1) is 0 Å². The summed E-state index contributed by atoms with van der Waals surface area (Å²) in [4.78, 5) is 0. The molecule has 0 bridgehead atoms. The molecule has 3 nitrogen and oxygen atoms in total. The van der Waals surface area contributed by atoms with Crippen LogP contribution in [0.3, 0.4) is 0 Å². The maximum absolute atomic E-state index is 5.17. The summed E-state index contributed by atoms with van der Waals surface area (Å²) in [7, 11) is 0. The second kappa shape index (κ2) is 16.5. The summed E-state index contributed by atoms with van der Waals surface area (Å²) in [6, 6.07) is 0. The van der Waals surface area contributed by atoms with E-state index in [0.29, 0.717) is 13.1 Å². The van der Waals surface area contributed by atoms with E-state index in [2.05, 4.69) is 5.32 Å². The van der Waals surface area contributed by atoms with Crippen LogP contribution < -0.4 is 75.9 Å². The number of nitrogens with one attached hydrogen (secondary N) is 1. The Kier molecular flexibility index (Phi) is 31.3. The predicted molar refractivity (Wildman–Crippen MR) is 33.2 cm³/mol. The first kappa shape index (κ1) is 17.1. The molecule has 0 saturated heterocycles. The monoisotopic (exact) mass is 151 g/mol. The van der Waals surface area contributed by atoms with Crippen molar-refractivity contribution in [2.24, 2.45) is 11.5 Å². The van der Waals surface area contributed by atoms with Gasteiger partial charge in [-0.1, -0.05) is 0 Å². The van der Waals surface area contributed by atoms with Gasteiger partial charge < -0.3 is 19.6 Å². The predicted octanol–water partition coefficient (Wildman–Crippen LogP) is -7.27. The Bertz CT molecular complexity index is 40.5. The molecule has 0 fully saturated rings. The van der Waals surface area contributed by atoms with Gasteiger partial charge in [0, 0.05) is 26.2 Å². The van der Waals surface area contributed by atoms with Crippen LogP contribution in [0.2, 0.25) is 0 Å². The summed E-state index contributed by atoms with van der Waals surface area (Å²) in [5.74, 6) is 0. The zero-order valence-electron chi connectivity index (χ0n) is 8.48. The molecular formula is C4H15N3Na2. The SMILES string of the molecule is NCCNCCN.[H-].[H-].[Na+].[Na+]. The van der Waals surface area contributed by atoms with Gasteiger partial charge in [-0.3, -0.25) is 0 Å². The van der Waals surface area contributed by atoms with E-state index >= 15 is 0 Å². The van der Waals surface area contributed by atoms with Crippen molar-refractivity contribution in [1.29, 1.82) is 0 Å². The molecule has 0 aliphatic heterocycles. The van der Waals surface area contributed by atoms with E-state index in [4.69, 9.17) is 11.5 Å². The van der Waals surface area contributed by atoms with E-state index in [1.807, 2.05) is 0 Å². The van der Waals surface area contributed by atoms with Crippen LogP contribution in [0.5, 0.6) is 0 Å². The van der Waals surface area contributed by atoms with Gasteiger partial charge in [-0.25, -0.2) is 0 Å². The Morgan fingerprint density at radius 2 is 1.33 bits per heavy atom. The van der Waals surface area contributed by atoms with E-state index in [1.54, 1.807) is 0 Å². The van der Waals surface area contributed by atoms with Gasteiger partial charge in [-0.15, -0.1) is 0 Å². The molecule has 0 unspecified atom stereocenters. The van der Waals surface area contributed by atoms with E-state index in [9.17, 15) is 0 Å². The molecule has 0 amide bonds. The largest absolute Gasteiger partial charge is 1.00 e. The Balaban J connectivity index is -0.0000000300. The fourth-order valence-corrected chi connectivity index (χ4v) is 0.329. The molecule has 0 aliphatic rings. The molecule has 0 rings (SSSR count). The first-order chi connectivity index (χ1) is 3.41. The zero-order chi connectivity index (χ0) is 5.54. The summed E-state index contributed by atoms with van der Waals surface area (Å²) >= 11 is 0. The van der Waals surface area contributed by atoms with E-state index < -0.39 is 0 Å². The Morgan fingerprint density at radius 1 is 1.00 bits per heavy atom. The molecule has 0 heterocycles. The molecule has 48 valence electrons. The molecule has 0 aliphatic carbocycles. The summed E-state index contributed by atoms with van der Waals surface area (Å²) in [6.45, 7) is 3.13. The second-order valence-electron chi connectivity index (χ2n) is 1.33. The van der Waals surface area contributed by atoms with Crippen LogP contribution in [-0.2, 0) is 0 Å². The fraction of sp³-hybridized carbons (Fsp3) is 1.00. The number of nitrogens with two attached hydrogens (primary N) is 2. The average molecular weight is 151 g/mol. The van der Waals surface area contributed by atoms with Crippen LogP contribution in [-0.4, -0.2) is 26.2 Å². The Morgan fingerprint density at radius 3 is 1.56 bits per heavy atom. The van der Waals surface area contributed by atoms with Gasteiger partial charge >= 0.3 is 59.1 Å². The third kappa shape index (κ3) is 17.7. The summed E-state index contributed by atoms with van der Waals surface area (Å²) in [5.41, 5.74) is 10.3. The minimum atomic E-state index is 0. The molecule has 0 atom stereocenters. The maximum Gasteiger partial charge on any atom is 1.00 e. The van der Waals surface area contributed by atoms with Crippen molar-refractivity contribution in [2.75, 3.05) is 26.2 Å². The summed E-state index contributed by atoms with van der Waals surface area (Å²) < 4.78 is 0. The molecule has 0 saturated carbocycles. The minimum Gasteiger partial charge on any atom is -1.00 e. The molecule has 0 radical (unpaired) electrons. The van der Waals surface area contributed by atoms with Crippen molar-refractivity contribution in [3.05, 3.63) is 0 Å². The summed E-state index contributed by atoms with van der Waals surface area (Å²) in [5, 5.41) is 3.03. The van der Waals surface area contributed by atoms with Crippen LogP contribution in [0.25, 0.3) is 0 Å². The van der Waals surface area contributed by atoms with E-state index in [0.717, 1.165) is 13.1 Å². The molecule has 0 spiro atoms.